The first kappa shape index (κ1) is 15.8. The van der Waals surface area contributed by atoms with E-state index in [0.717, 1.165) is 25.8 Å². The zero-order valence-corrected chi connectivity index (χ0v) is 13.1. The average Bonchev–Trinajstić information content (AvgIpc) is 2.48. The van der Waals surface area contributed by atoms with Gasteiger partial charge in [0.2, 0.25) is 0 Å². The summed E-state index contributed by atoms with van der Waals surface area (Å²) in [4.78, 5) is 12.9. The standard InChI is InChI=1S/C15H19Cl2NO2/c1-20-8-6-15(5-2-7-18-10-15)14(19)11-3-4-12(16)13(17)9-11/h3-4,9,18H,2,5-8,10H2,1H3. The van der Waals surface area contributed by atoms with E-state index in [9.17, 15) is 4.79 Å². The predicted octanol–water partition coefficient (Wildman–Crippen LogP) is 3.58. The van der Waals surface area contributed by atoms with Gasteiger partial charge in [0.1, 0.15) is 0 Å². The van der Waals surface area contributed by atoms with Crippen LogP contribution in [0.25, 0.3) is 0 Å². The molecule has 1 aliphatic heterocycles. The molecule has 0 radical (unpaired) electrons. The SMILES string of the molecule is COCCC1(C(=O)c2ccc(Cl)c(Cl)c2)CCCNC1. The van der Waals surface area contributed by atoms with E-state index in [2.05, 4.69) is 5.32 Å². The number of ketones is 1. The zero-order valence-electron chi connectivity index (χ0n) is 11.5. The number of nitrogens with one attached hydrogen (secondary N) is 1. The Labute approximate surface area is 129 Å². The van der Waals surface area contributed by atoms with Crippen molar-refractivity contribution in [3.63, 3.8) is 0 Å². The fourth-order valence-corrected chi connectivity index (χ4v) is 3.03. The van der Waals surface area contributed by atoms with Gasteiger partial charge in [-0.1, -0.05) is 23.2 Å². The van der Waals surface area contributed by atoms with Gasteiger partial charge >= 0.3 is 0 Å². The molecular formula is C15H19Cl2NO2. The fraction of sp³-hybridized carbons (Fsp3) is 0.533. The first-order chi connectivity index (χ1) is 9.59. The molecule has 0 saturated carbocycles. The number of piperidine rings is 1. The van der Waals surface area contributed by atoms with Gasteiger partial charge in [0.25, 0.3) is 0 Å². The van der Waals surface area contributed by atoms with Crippen LogP contribution in [0.1, 0.15) is 29.6 Å². The summed E-state index contributed by atoms with van der Waals surface area (Å²) in [6, 6.07) is 5.09. The van der Waals surface area contributed by atoms with E-state index in [1.54, 1.807) is 25.3 Å². The van der Waals surface area contributed by atoms with Gasteiger partial charge in [0.05, 0.1) is 10.0 Å². The van der Waals surface area contributed by atoms with E-state index in [1.165, 1.54) is 0 Å². The molecule has 0 aromatic heterocycles. The number of carbonyl (C=O) groups excluding carboxylic acids is 1. The molecule has 0 aliphatic carbocycles. The van der Waals surface area contributed by atoms with E-state index < -0.39 is 5.41 Å². The van der Waals surface area contributed by atoms with Gasteiger partial charge in [0.15, 0.2) is 5.78 Å². The Balaban J connectivity index is 2.27. The largest absolute Gasteiger partial charge is 0.385 e. The lowest BCUT2D eigenvalue weighted by Gasteiger charge is -2.36. The normalized spacial score (nSPS) is 22.8. The van der Waals surface area contributed by atoms with Crippen molar-refractivity contribution in [2.45, 2.75) is 19.3 Å². The third kappa shape index (κ3) is 3.34. The second-order valence-corrected chi connectivity index (χ2v) is 6.08. The molecule has 0 spiro atoms. The highest BCUT2D eigenvalue weighted by Crippen LogP contribution is 2.35. The topological polar surface area (TPSA) is 38.3 Å². The van der Waals surface area contributed by atoms with Crippen LogP contribution in [-0.2, 0) is 4.74 Å². The maximum Gasteiger partial charge on any atom is 0.170 e. The van der Waals surface area contributed by atoms with Gasteiger partial charge in [-0.25, -0.2) is 0 Å². The van der Waals surface area contributed by atoms with Crippen LogP contribution in [0.4, 0.5) is 0 Å². The average molecular weight is 316 g/mol. The van der Waals surface area contributed by atoms with E-state index in [1.807, 2.05) is 0 Å². The summed E-state index contributed by atoms with van der Waals surface area (Å²) in [5.41, 5.74) is 0.227. The lowest BCUT2D eigenvalue weighted by Crippen LogP contribution is -2.46. The molecule has 1 aromatic carbocycles. The summed E-state index contributed by atoms with van der Waals surface area (Å²) in [6.07, 6.45) is 2.59. The molecule has 1 unspecified atom stereocenters. The molecule has 1 aromatic rings. The lowest BCUT2D eigenvalue weighted by molar-refractivity contribution is 0.0631. The van der Waals surface area contributed by atoms with E-state index >= 15 is 0 Å². The number of hydrogen-bond donors (Lipinski definition) is 1. The summed E-state index contributed by atoms with van der Waals surface area (Å²) in [6.45, 7) is 2.23. The number of carbonyl (C=O) groups is 1. The van der Waals surface area contributed by atoms with Crippen LogP contribution >= 0.6 is 23.2 Å². The Morgan fingerprint density at radius 1 is 1.40 bits per heavy atom. The molecular weight excluding hydrogens is 297 g/mol. The van der Waals surface area contributed by atoms with E-state index in [0.29, 0.717) is 28.8 Å². The molecule has 5 heteroatoms. The third-order valence-electron chi connectivity index (χ3n) is 3.92. The molecule has 2 rings (SSSR count). The minimum atomic E-state index is -0.397. The van der Waals surface area contributed by atoms with Crippen molar-refractivity contribution >= 4 is 29.0 Å². The smallest absolute Gasteiger partial charge is 0.170 e. The Hall–Kier alpha value is -0.610. The van der Waals surface area contributed by atoms with Gasteiger partial charge in [-0.3, -0.25) is 4.79 Å². The van der Waals surface area contributed by atoms with Gasteiger partial charge < -0.3 is 10.1 Å². The Morgan fingerprint density at radius 2 is 2.20 bits per heavy atom. The quantitative estimate of drug-likeness (QED) is 0.844. The number of ether oxygens (including phenoxy) is 1. The van der Waals surface area contributed by atoms with Crippen molar-refractivity contribution in [2.24, 2.45) is 5.41 Å². The molecule has 1 N–H and O–H groups in total. The first-order valence-corrected chi connectivity index (χ1v) is 7.54. The Bertz CT molecular complexity index is 485. The van der Waals surface area contributed by atoms with Gasteiger partial charge in [-0.05, 0) is 44.0 Å². The summed E-state index contributed by atoms with van der Waals surface area (Å²) < 4.78 is 5.17. The van der Waals surface area contributed by atoms with Crippen molar-refractivity contribution in [3.8, 4) is 0 Å². The first-order valence-electron chi connectivity index (χ1n) is 6.78. The van der Waals surface area contributed by atoms with Crippen molar-refractivity contribution < 1.29 is 9.53 Å². The highest BCUT2D eigenvalue weighted by atomic mass is 35.5. The van der Waals surface area contributed by atoms with Crippen LogP contribution in [-0.4, -0.2) is 32.6 Å². The summed E-state index contributed by atoms with van der Waals surface area (Å²) >= 11 is 11.9. The lowest BCUT2D eigenvalue weighted by atomic mass is 9.72. The Kier molecular flexibility index (Phi) is 5.44. The van der Waals surface area contributed by atoms with Crippen LogP contribution in [0.2, 0.25) is 10.0 Å². The number of Topliss-reactive ketones (excluding diaryl/α,β-unsaturated/α-hetero) is 1. The zero-order chi connectivity index (χ0) is 14.6. The minimum Gasteiger partial charge on any atom is -0.385 e. The maximum absolute atomic E-state index is 12.9. The predicted molar refractivity (Wildman–Crippen MR) is 81.8 cm³/mol. The molecule has 1 heterocycles. The van der Waals surface area contributed by atoms with E-state index in [-0.39, 0.29) is 5.78 Å². The molecule has 0 bridgehead atoms. The molecule has 20 heavy (non-hydrogen) atoms. The van der Waals surface area contributed by atoms with Crippen LogP contribution in [0.5, 0.6) is 0 Å². The summed E-state index contributed by atoms with van der Waals surface area (Å²) in [5.74, 6) is 0.125. The number of rotatable bonds is 5. The molecule has 1 aliphatic rings. The van der Waals surface area contributed by atoms with Crippen LogP contribution in [0.3, 0.4) is 0 Å². The molecule has 3 nitrogen and oxygen atoms in total. The van der Waals surface area contributed by atoms with Crippen molar-refractivity contribution in [2.75, 3.05) is 26.8 Å². The van der Waals surface area contributed by atoms with Crippen LogP contribution < -0.4 is 5.32 Å². The van der Waals surface area contributed by atoms with Gasteiger partial charge in [0, 0.05) is 31.2 Å². The van der Waals surface area contributed by atoms with Crippen LogP contribution in [0.15, 0.2) is 18.2 Å². The fourth-order valence-electron chi connectivity index (χ4n) is 2.73. The number of methoxy groups -OCH3 is 1. The van der Waals surface area contributed by atoms with Gasteiger partial charge in [-0.2, -0.15) is 0 Å². The molecule has 1 fully saturated rings. The highest BCUT2D eigenvalue weighted by molar-refractivity contribution is 6.42. The monoisotopic (exact) mass is 315 g/mol. The highest BCUT2D eigenvalue weighted by Gasteiger charge is 2.39. The molecule has 1 atom stereocenters. The van der Waals surface area contributed by atoms with Gasteiger partial charge in [-0.15, -0.1) is 0 Å². The summed E-state index contributed by atoms with van der Waals surface area (Å²) in [7, 11) is 1.66. The number of hydrogen-bond acceptors (Lipinski definition) is 3. The van der Waals surface area contributed by atoms with E-state index in [4.69, 9.17) is 27.9 Å². The second-order valence-electron chi connectivity index (χ2n) is 5.26. The van der Waals surface area contributed by atoms with Crippen molar-refractivity contribution in [3.05, 3.63) is 33.8 Å². The second kappa shape index (κ2) is 6.90. The third-order valence-corrected chi connectivity index (χ3v) is 4.66. The van der Waals surface area contributed by atoms with Crippen molar-refractivity contribution in [1.29, 1.82) is 0 Å². The number of benzene rings is 1. The van der Waals surface area contributed by atoms with Crippen LogP contribution in [0, 0.1) is 5.41 Å². The molecule has 110 valence electrons. The molecule has 0 amide bonds. The molecule has 1 saturated heterocycles. The Morgan fingerprint density at radius 3 is 2.80 bits per heavy atom. The van der Waals surface area contributed by atoms with Crippen molar-refractivity contribution in [1.82, 2.24) is 5.32 Å². The number of halogens is 2. The minimum absolute atomic E-state index is 0.125. The maximum atomic E-state index is 12.9. The summed E-state index contributed by atoms with van der Waals surface area (Å²) in [5, 5.41) is 4.21.